The highest BCUT2D eigenvalue weighted by atomic mass is 35.5. The summed E-state index contributed by atoms with van der Waals surface area (Å²) in [7, 11) is 1.61. The molecule has 0 bridgehead atoms. The Bertz CT molecular complexity index is 950. The van der Waals surface area contributed by atoms with Crippen molar-refractivity contribution in [3.8, 4) is 5.75 Å². The van der Waals surface area contributed by atoms with Crippen molar-refractivity contribution in [2.75, 3.05) is 12.0 Å². The van der Waals surface area contributed by atoms with Gasteiger partial charge in [-0.1, -0.05) is 41.9 Å². The zero-order valence-corrected chi connectivity index (χ0v) is 15.8. The number of ether oxygens (including phenoxy) is 1. The van der Waals surface area contributed by atoms with Crippen LogP contribution in [-0.2, 0) is 9.59 Å². The molecule has 0 saturated heterocycles. The lowest BCUT2D eigenvalue weighted by molar-refractivity contribution is -0.119. The van der Waals surface area contributed by atoms with Crippen LogP contribution in [0.3, 0.4) is 0 Å². The summed E-state index contributed by atoms with van der Waals surface area (Å²) < 4.78 is 5.50. The summed E-state index contributed by atoms with van der Waals surface area (Å²) in [6.07, 6.45) is 2.15. The first-order valence-corrected chi connectivity index (χ1v) is 9.46. The summed E-state index contributed by atoms with van der Waals surface area (Å²) in [6, 6.07) is 14.9. The molecular weight excluding hydrogens is 362 g/mol. The second-order valence-corrected chi connectivity index (χ2v) is 7.22. The van der Waals surface area contributed by atoms with Gasteiger partial charge in [0.05, 0.1) is 17.8 Å². The van der Waals surface area contributed by atoms with Crippen LogP contribution in [0.1, 0.15) is 37.2 Å². The van der Waals surface area contributed by atoms with Gasteiger partial charge in [-0.3, -0.25) is 14.5 Å². The first kappa shape index (κ1) is 17.8. The number of benzene rings is 2. The predicted octanol–water partition coefficient (Wildman–Crippen LogP) is 4.88. The van der Waals surface area contributed by atoms with Gasteiger partial charge >= 0.3 is 0 Å². The summed E-state index contributed by atoms with van der Waals surface area (Å²) in [5.41, 5.74) is 3.04. The molecule has 0 fully saturated rings. The maximum Gasteiger partial charge on any atom is 0.232 e. The third kappa shape index (κ3) is 3.04. The minimum atomic E-state index is -0.282. The van der Waals surface area contributed by atoms with E-state index in [0.29, 0.717) is 29.3 Å². The van der Waals surface area contributed by atoms with Crippen molar-refractivity contribution in [1.82, 2.24) is 0 Å². The Morgan fingerprint density at radius 2 is 1.78 bits per heavy atom. The van der Waals surface area contributed by atoms with E-state index in [1.54, 1.807) is 18.1 Å². The molecular formula is C22H20ClNO3. The van der Waals surface area contributed by atoms with Gasteiger partial charge in [0.15, 0.2) is 5.78 Å². The van der Waals surface area contributed by atoms with E-state index in [1.165, 1.54) is 0 Å². The molecule has 4 nitrogen and oxygen atoms in total. The van der Waals surface area contributed by atoms with E-state index >= 15 is 0 Å². The average molecular weight is 382 g/mol. The first-order chi connectivity index (χ1) is 13.1. The fraction of sp³-hybridized carbons (Fsp3) is 0.273. The summed E-state index contributed by atoms with van der Waals surface area (Å²) in [4.78, 5) is 27.7. The molecule has 1 aliphatic heterocycles. The van der Waals surface area contributed by atoms with Gasteiger partial charge in [-0.15, -0.1) is 0 Å². The van der Waals surface area contributed by atoms with Gasteiger partial charge < -0.3 is 4.74 Å². The maximum absolute atomic E-state index is 13.2. The smallest absolute Gasteiger partial charge is 0.232 e. The van der Waals surface area contributed by atoms with E-state index in [4.69, 9.17) is 16.3 Å². The van der Waals surface area contributed by atoms with Crippen LogP contribution in [0.15, 0.2) is 59.8 Å². The van der Waals surface area contributed by atoms with E-state index in [-0.39, 0.29) is 24.0 Å². The molecule has 0 aromatic heterocycles. The second-order valence-electron chi connectivity index (χ2n) is 6.82. The third-order valence-corrected chi connectivity index (χ3v) is 5.60. The van der Waals surface area contributed by atoms with Gasteiger partial charge in [0.25, 0.3) is 0 Å². The van der Waals surface area contributed by atoms with E-state index in [9.17, 15) is 9.59 Å². The Balaban J connectivity index is 1.90. The molecule has 4 rings (SSSR count). The topological polar surface area (TPSA) is 46.6 Å². The minimum absolute atomic E-state index is 0.0487. The number of amides is 1. The molecule has 2 aliphatic rings. The summed E-state index contributed by atoms with van der Waals surface area (Å²) in [5.74, 6) is 0.478. The highest BCUT2D eigenvalue weighted by molar-refractivity contribution is 6.34. The molecule has 1 amide bonds. The van der Waals surface area contributed by atoms with Gasteiger partial charge in [0.2, 0.25) is 5.91 Å². The van der Waals surface area contributed by atoms with Gasteiger partial charge in [-0.2, -0.15) is 0 Å². The summed E-state index contributed by atoms with van der Waals surface area (Å²) in [6.45, 7) is 0. The number of allylic oxidation sites excluding steroid dienone is 2. The molecule has 0 spiro atoms. The molecule has 1 unspecified atom stereocenters. The number of Topliss-reactive ketones (excluding diaryl/α,β-unsaturated/α-hetero) is 1. The number of anilines is 1. The van der Waals surface area contributed by atoms with Gasteiger partial charge in [-0.25, -0.2) is 0 Å². The number of hydrogen-bond acceptors (Lipinski definition) is 3. The summed E-state index contributed by atoms with van der Waals surface area (Å²) in [5, 5.41) is 0.506. The average Bonchev–Trinajstić information content (AvgIpc) is 2.68. The lowest BCUT2D eigenvalue weighted by Gasteiger charge is -2.38. The number of carbonyl (C=O) groups is 2. The number of para-hydroxylation sites is 2. The Morgan fingerprint density at radius 1 is 1.04 bits per heavy atom. The fourth-order valence-electron chi connectivity index (χ4n) is 4.13. The highest BCUT2D eigenvalue weighted by Crippen LogP contribution is 2.46. The predicted molar refractivity (Wildman–Crippen MR) is 105 cm³/mol. The number of methoxy groups -OCH3 is 1. The molecule has 0 N–H and O–H groups in total. The van der Waals surface area contributed by atoms with Crippen molar-refractivity contribution in [3.63, 3.8) is 0 Å². The number of ketones is 1. The van der Waals surface area contributed by atoms with Crippen molar-refractivity contribution in [2.24, 2.45) is 0 Å². The van der Waals surface area contributed by atoms with E-state index in [1.807, 2.05) is 42.5 Å². The quantitative estimate of drug-likeness (QED) is 0.761. The number of nitrogens with zero attached hydrogens (tertiary/aromatic N) is 1. The highest BCUT2D eigenvalue weighted by Gasteiger charge is 2.40. The van der Waals surface area contributed by atoms with E-state index < -0.39 is 0 Å². The monoisotopic (exact) mass is 381 g/mol. The van der Waals surface area contributed by atoms with Crippen LogP contribution < -0.4 is 9.64 Å². The van der Waals surface area contributed by atoms with Crippen molar-refractivity contribution in [1.29, 1.82) is 0 Å². The molecule has 0 radical (unpaired) electrons. The van der Waals surface area contributed by atoms with Crippen LogP contribution in [0, 0.1) is 0 Å². The molecule has 0 saturated carbocycles. The Hall–Kier alpha value is -2.59. The number of hydrogen-bond donors (Lipinski definition) is 0. The van der Waals surface area contributed by atoms with Crippen LogP contribution in [-0.4, -0.2) is 18.8 Å². The normalized spacial score (nSPS) is 19.9. The van der Waals surface area contributed by atoms with Crippen molar-refractivity contribution in [3.05, 3.63) is 70.4 Å². The maximum atomic E-state index is 13.2. The molecule has 2 aromatic carbocycles. The Labute approximate surface area is 163 Å². The number of halogens is 1. The van der Waals surface area contributed by atoms with E-state index in [2.05, 4.69) is 0 Å². The molecule has 5 heteroatoms. The summed E-state index contributed by atoms with van der Waals surface area (Å²) >= 11 is 6.37. The van der Waals surface area contributed by atoms with Crippen LogP contribution in [0.2, 0.25) is 5.02 Å². The van der Waals surface area contributed by atoms with Crippen LogP contribution in [0.4, 0.5) is 5.69 Å². The second kappa shape index (κ2) is 7.20. The van der Waals surface area contributed by atoms with E-state index in [0.717, 1.165) is 23.3 Å². The Kier molecular flexibility index (Phi) is 4.75. The molecule has 1 aliphatic carbocycles. The van der Waals surface area contributed by atoms with Crippen LogP contribution in [0.25, 0.3) is 0 Å². The lowest BCUT2D eigenvalue weighted by Crippen LogP contribution is -2.40. The van der Waals surface area contributed by atoms with Crippen molar-refractivity contribution < 1.29 is 14.3 Å². The minimum Gasteiger partial charge on any atom is -0.496 e. The fourth-order valence-corrected chi connectivity index (χ4v) is 4.35. The largest absolute Gasteiger partial charge is 0.496 e. The van der Waals surface area contributed by atoms with Crippen molar-refractivity contribution >= 4 is 29.0 Å². The first-order valence-electron chi connectivity index (χ1n) is 9.08. The van der Waals surface area contributed by atoms with Crippen LogP contribution >= 0.6 is 11.6 Å². The zero-order chi connectivity index (χ0) is 19.0. The molecule has 1 atom stereocenters. The van der Waals surface area contributed by atoms with Crippen molar-refractivity contribution in [2.45, 2.75) is 31.6 Å². The van der Waals surface area contributed by atoms with Gasteiger partial charge in [0.1, 0.15) is 5.75 Å². The lowest BCUT2D eigenvalue weighted by atomic mass is 9.77. The van der Waals surface area contributed by atoms with Gasteiger partial charge in [0, 0.05) is 35.6 Å². The molecule has 1 heterocycles. The molecule has 2 aromatic rings. The third-order valence-electron chi connectivity index (χ3n) is 5.28. The Morgan fingerprint density at radius 3 is 2.56 bits per heavy atom. The number of rotatable bonds is 3. The van der Waals surface area contributed by atoms with Gasteiger partial charge in [-0.05, 0) is 31.0 Å². The molecule has 27 heavy (non-hydrogen) atoms. The molecule has 138 valence electrons. The van der Waals surface area contributed by atoms with Crippen LogP contribution in [0.5, 0.6) is 5.75 Å². The SMILES string of the molecule is COc1ccccc1C1CC(=O)N(c2ccccc2Cl)C2=C1C(=O)CCC2. The number of carbonyl (C=O) groups excluding carboxylic acids is 2. The zero-order valence-electron chi connectivity index (χ0n) is 15.1. The standard InChI is InChI=1S/C22H20ClNO3/c1-27-20-12-5-2-7-14(20)15-13-21(26)24(17-9-4-3-8-16(17)23)18-10-6-11-19(25)22(15)18/h2-5,7-9,12,15H,6,10-11,13H2,1H3.